The van der Waals surface area contributed by atoms with Crippen molar-refractivity contribution in [3.05, 3.63) is 53.0 Å². The van der Waals surface area contributed by atoms with Crippen LogP contribution in [0.3, 0.4) is 0 Å². The van der Waals surface area contributed by atoms with Gasteiger partial charge in [-0.25, -0.2) is 13.1 Å². The van der Waals surface area contributed by atoms with Gasteiger partial charge in [0.15, 0.2) is 0 Å². The lowest BCUT2D eigenvalue weighted by Gasteiger charge is -2.31. The van der Waals surface area contributed by atoms with E-state index < -0.39 is 10.0 Å². The Morgan fingerprint density at radius 3 is 2.59 bits per heavy atom. The predicted octanol–water partition coefficient (Wildman–Crippen LogP) is 2.83. The Labute approximate surface area is 174 Å². The van der Waals surface area contributed by atoms with Gasteiger partial charge in [0.05, 0.1) is 10.6 Å². The third-order valence-corrected chi connectivity index (χ3v) is 7.58. The van der Waals surface area contributed by atoms with Crippen LogP contribution in [0.5, 0.6) is 0 Å². The highest BCUT2D eigenvalue weighted by Crippen LogP contribution is 2.22. The molecule has 1 N–H and O–H groups in total. The van der Waals surface area contributed by atoms with E-state index in [1.54, 1.807) is 24.0 Å². The van der Waals surface area contributed by atoms with Gasteiger partial charge in [-0.1, -0.05) is 34.8 Å². The zero-order chi connectivity index (χ0) is 20.4. The summed E-state index contributed by atoms with van der Waals surface area (Å²) < 4.78 is 32.0. The summed E-state index contributed by atoms with van der Waals surface area (Å²) in [5, 5.41) is 5.80. The smallest absolute Gasteiger partial charge is 0.267 e. The second-order valence-electron chi connectivity index (χ2n) is 7.28. The van der Waals surface area contributed by atoms with Crippen molar-refractivity contribution in [2.45, 2.75) is 24.7 Å². The van der Waals surface area contributed by atoms with Crippen molar-refractivity contribution in [1.82, 2.24) is 19.2 Å². The molecule has 0 aliphatic carbocycles. The van der Waals surface area contributed by atoms with Crippen molar-refractivity contribution in [1.29, 1.82) is 0 Å². The number of aromatic nitrogens is 2. The van der Waals surface area contributed by atoms with Crippen LogP contribution in [0.1, 0.15) is 28.2 Å². The number of likely N-dealkylation sites (tertiary alicyclic amines) is 1. The zero-order valence-electron chi connectivity index (χ0n) is 16.0. The van der Waals surface area contributed by atoms with Crippen molar-refractivity contribution in [2.24, 2.45) is 5.92 Å². The first-order valence-corrected chi connectivity index (χ1v) is 11.8. The van der Waals surface area contributed by atoms with E-state index in [4.69, 9.17) is 0 Å². The third kappa shape index (κ3) is 4.31. The summed E-state index contributed by atoms with van der Waals surface area (Å²) in [5.41, 5.74) is 0.658. The number of rotatable bonds is 5. The van der Waals surface area contributed by atoms with Gasteiger partial charge < -0.3 is 4.90 Å². The van der Waals surface area contributed by atoms with Gasteiger partial charge in [-0.3, -0.25) is 4.79 Å². The van der Waals surface area contributed by atoms with E-state index in [0.717, 1.165) is 35.1 Å². The molecule has 0 saturated carbocycles. The third-order valence-electron chi connectivity index (χ3n) is 5.34. The SMILES string of the molecule is Cc1nnsc1C(=O)N1CCC(CNS(=O)(=O)c2ccc3ccccc3c2)CC1. The second kappa shape index (κ2) is 8.17. The zero-order valence-corrected chi connectivity index (χ0v) is 17.7. The molecule has 1 fully saturated rings. The van der Waals surface area contributed by atoms with Gasteiger partial charge >= 0.3 is 0 Å². The minimum Gasteiger partial charge on any atom is -0.338 e. The number of piperidine rings is 1. The number of aryl methyl sites for hydroxylation is 1. The van der Waals surface area contributed by atoms with Crippen LogP contribution in [0.4, 0.5) is 0 Å². The topological polar surface area (TPSA) is 92.3 Å². The molecular formula is C20H22N4O3S2. The number of nitrogens with zero attached hydrogens (tertiary/aromatic N) is 3. The number of sulfonamides is 1. The maximum atomic E-state index is 12.7. The molecule has 0 radical (unpaired) electrons. The second-order valence-corrected chi connectivity index (χ2v) is 9.80. The lowest BCUT2D eigenvalue weighted by atomic mass is 9.97. The van der Waals surface area contributed by atoms with Crippen LogP contribution < -0.4 is 4.72 Å². The van der Waals surface area contributed by atoms with E-state index >= 15 is 0 Å². The van der Waals surface area contributed by atoms with Crippen LogP contribution in [0.2, 0.25) is 0 Å². The number of carbonyl (C=O) groups is 1. The molecule has 0 atom stereocenters. The van der Waals surface area contributed by atoms with Gasteiger partial charge in [0, 0.05) is 19.6 Å². The molecule has 1 amide bonds. The molecule has 0 bridgehead atoms. The maximum absolute atomic E-state index is 12.7. The largest absolute Gasteiger partial charge is 0.338 e. The van der Waals surface area contributed by atoms with Crippen LogP contribution in [0.15, 0.2) is 47.4 Å². The van der Waals surface area contributed by atoms with Crippen LogP contribution in [-0.4, -0.2) is 48.4 Å². The molecule has 7 nitrogen and oxygen atoms in total. The highest BCUT2D eigenvalue weighted by molar-refractivity contribution is 7.89. The Bertz CT molecular complexity index is 1140. The molecule has 4 rings (SSSR count). The molecule has 0 spiro atoms. The monoisotopic (exact) mass is 430 g/mol. The summed E-state index contributed by atoms with van der Waals surface area (Å²) in [5.74, 6) is 0.169. The number of hydrogen-bond acceptors (Lipinski definition) is 6. The van der Waals surface area contributed by atoms with Crippen LogP contribution in [0.25, 0.3) is 10.8 Å². The van der Waals surface area contributed by atoms with Gasteiger partial charge in [-0.2, -0.15) is 0 Å². The Morgan fingerprint density at radius 2 is 1.90 bits per heavy atom. The minimum absolute atomic E-state index is 0.0345. The Balaban J connectivity index is 1.34. The molecule has 3 aromatic rings. The maximum Gasteiger partial charge on any atom is 0.267 e. The Kier molecular flexibility index (Phi) is 5.62. The van der Waals surface area contributed by atoms with E-state index in [2.05, 4.69) is 14.3 Å². The summed E-state index contributed by atoms with van der Waals surface area (Å²) in [4.78, 5) is 15.2. The van der Waals surface area contributed by atoms with Crippen LogP contribution in [0, 0.1) is 12.8 Å². The molecule has 0 unspecified atom stereocenters. The summed E-state index contributed by atoms with van der Waals surface area (Å²) in [6.45, 7) is 3.38. The van der Waals surface area contributed by atoms with E-state index in [0.29, 0.717) is 30.2 Å². The van der Waals surface area contributed by atoms with Gasteiger partial charge in [-0.05, 0) is 60.1 Å². The highest BCUT2D eigenvalue weighted by Gasteiger charge is 2.27. The lowest BCUT2D eigenvalue weighted by Crippen LogP contribution is -2.41. The fourth-order valence-electron chi connectivity index (χ4n) is 3.56. The minimum atomic E-state index is -3.57. The molecule has 2 aromatic carbocycles. The molecule has 9 heteroatoms. The van der Waals surface area contributed by atoms with Gasteiger partial charge in [0.25, 0.3) is 5.91 Å². The van der Waals surface area contributed by atoms with Gasteiger partial charge in [0.2, 0.25) is 10.0 Å². The van der Waals surface area contributed by atoms with E-state index in [1.165, 1.54) is 0 Å². The fraction of sp³-hybridized carbons (Fsp3) is 0.350. The van der Waals surface area contributed by atoms with E-state index in [-0.39, 0.29) is 16.7 Å². The van der Waals surface area contributed by atoms with Crippen LogP contribution in [-0.2, 0) is 10.0 Å². The first-order valence-electron chi connectivity index (χ1n) is 9.51. The van der Waals surface area contributed by atoms with Crippen molar-refractivity contribution in [2.75, 3.05) is 19.6 Å². The van der Waals surface area contributed by atoms with Gasteiger partial charge in [0.1, 0.15) is 4.88 Å². The first-order chi connectivity index (χ1) is 13.9. The van der Waals surface area contributed by atoms with Crippen molar-refractivity contribution in [3.8, 4) is 0 Å². The molecule has 152 valence electrons. The Hall–Kier alpha value is -2.36. The molecule has 29 heavy (non-hydrogen) atoms. The van der Waals surface area contributed by atoms with Gasteiger partial charge in [-0.15, -0.1) is 5.10 Å². The number of benzene rings is 2. The predicted molar refractivity (Wildman–Crippen MR) is 112 cm³/mol. The van der Waals surface area contributed by atoms with E-state index in [1.807, 2.05) is 30.3 Å². The summed E-state index contributed by atoms with van der Waals surface area (Å²) in [6.07, 6.45) is 1.52. The van der Waals surface area contributed by atoms with Crippen molar-refractivity contribution >= 4 is 38.2 Å². The quantitative estimate of drug-likeness (QED) is 0.672. The number of fused-ring (bicyclic) bond motifs is 1. The summed E-state index contributed by atoms with van der Waals surface area (Å²) in [7, 11) is -3.57. The fourth-order valence-corrected chi connectivity index (χ4v) is 5.33. The number of nitrogens with one attached hydrogen (secondary N) is 1. The average molecular weight is 431 g/mol. The average Bonchev–Trinajstić information content (AvgIpc) is 3.17. The lowest BCUT2D eigenvalue weighted by molar-refractivity contribution is 0.0696. The Morgan fingerprint density at radius 1 is 1.17 bits per heavy atom. The van der Waals surface area contributed by atoms with Crippen LogP contribution >= 0.6 is 11.5 Å². The summed E-state index contributed by atoms with van der Waals surface area (Å²) >= 11 is 1.12. The molecule has 1 aromatic heterocycles. The molecular weight excluding hydrogens is 408 g/mol. The number of amides is 1. The summed E-state index contributed by atoms with van der Waals surface area (Å²) in [6, 6.07) is 12.8. The van der Waals surface area contributed by atoms with E-state index in [9.17, 15) is 13.2 Å². The first kappa shape index (κ1) is 19.9. The molecule has 1 saturated heterocycles. The highest BCUT2D eigenvalue weighted by atomic mass is 32.2. The molecule has 1 aliphatic heterocycles. The molecule has 1 aliphatic rings. The van der Waals surface area contributed by atoms with Crippen molar-refractivity contribution < 1.29 is 13.2 Å². The molecule has 2 heterocycles. The standard InChI is InChI=1S/C20H22N4O3S2/c1-14-19(28-23-22-14)20(25)24-10-8-15(9-11-24)13-21-29(26,27)18-7-6-16-4-2-3-5-17(16)12-18/h2-7,12,15,21H,8-11,13H2,1H3. The van der Waals surface area contributed by atoms with Crippen molar-refractivity contribution in [3.63, 3.8) is 0 Å². The normalized spacial score (nSPS) is 15.7. The number of carbonyl (C=O) groups excluding carboxylic acids is 1. The number of hydrogen-bond donors (Lipinski definition) is 1.